The van der Waals surface area contributed by atoms with Gasteiger partial charge in [-0.1, -0.05) is 76.2 Å². The largest absolute Gasteiger partial charge is 0.346 e. The summed E-state index contributed by atoms with van der Waals surface area (Å²) in [5, 5.41) is 18.9. The number of aromatic nitrogens is 7. The van der Waals surface area contributed by atoms with Crippen LogP contribution < -0.4 is 5.69 Å². The molecule has 0 aliphatic rings. The van der Waals surface area contributed by atoms with Crippen LogP contribution in [0.25, 0.3) is 22.5 Å². The quantitative estimate of drug-likeness (QED) is 0.458. The number of rotatable bonds is 8. The molecular weight excluding hydrogens is 402 g/mol. The molecule has 32 heavy (non-hydrogen) atoms. The minimum atomic E-state index is -0.0402. The van der Waals surface area contributed by atoms with Gasteiger partial charge in [-0.25, -0.2) is 14.6 Å². The first-order valence-electron chi connectivity index (χ1n) is 11.0. The lowest BCUT2D eigenvalue weighted by Gasteiger charge is -2.10. The Morgan fingerprint density at radius 1 is 0.938 bits per heavy atom. The second kappa shape index (κ2) is 9.30. The van der Waals surface area contributed by atoms with E-state index in [4.69, 9.17) is 0 Å². The molecule has 166 valence electrons. The van der Waals surface area contributed by atoms with Crippen LogP contribution in [0.1, 0.15) is 39.1 Å². The van der Waals surface area contributed by atoms with Gasteiger partial charge in [-0.05, 0) is 39.0 Å². The van der Waals surface area contributed by atoms with E-state index in [1.165, 1.54) is 0 Å². The summed E-state index contributed by atoms with van der Waals surface area (Å²) in [6, 6.07) is 16.3. The van der Waals surface area contributed by atoms with Crippen LogP contribution in [0.3, 0.4) is 0 Å². The molecule has 0 aliphatic heterocycles. The molecular formula is C24H29N7O. The van der Waals surface area contributed by atoms with E-state index in [-0.39, 0.29) is 5.69 Å². The van der Waals surface area contributed by atoms with E-state index in [1.807, 2.05) is 28.8 Å². The van der Waals surface area contributed by atoms with E-state index in [0.29, 0.717) is 30.7 Å². The molecule has 2 heterocycles. The zero-order valence-corrected chi connectivity index (χ0v) is 19.0. The number of nitrogens with zero attached hydrogens (tertiary/aromatic N) is 6. The minimum Gasteiger partial charge on any atom is -0.274 e. The summed E-state index contributed by atoms with van der Waals surface area (Å²) in [7, 11) is 0. The minimum absolute atomic E-state index is 0.0402. The van der Waals surface area contributed by atoms with Crippen LogP contribution in [0.2, 0.25) is 0 Å². The fourth-order valence-electron chi connectivity index (χ4n) is 3.81. The van der Waals surface area contributed by atoms with Crippen LogP contribution >= 0.6 is 0 Å². The van der Waals surface area contributed by atoms with Gasteiger partial charge in [-0.15, -0.1) is 5.10 Å². The van der Waals surface area contributed by atoms with Crippen LogP contribution in [0.15, 0.2) is 53.3 Å². The first-order valence-corrected chi connectivity index (χ1v) is 11.0. The molecule has 2 aromatic heterocycles. The lowest BCUT2D eigenvalue weighted by Crippen LogP contribution is -2.27. The molecule has 0 aliphatic carbocycles. The molecule has 0 saturated carbocycles. The first-order chi connectivity index (χ1) is 15.4. The molecule has 0 radical (unpaired) electrons. The molecule has 0 bridgehead atoms. The van der Waals surface area contributed by atoms with Crippen molar-refractivity contribution >= 4 is 0 Å². The van der Waals surface area contributed by atoms with E-state index >= 15 is 0 Å². The lowest BCUT2D eigenvalue weighted by atomic mass is 9.98. The average Bonchev–Trinajstić information content (AvgIpc) is 3.39. The molecule has 0 fully saturated rings. The Bertz CT molecular complexity index is 1220. The van der Waals surface area contributed by atoms with Gasteiger partial charge in [-0.2, -0.15) is 5.10 Å². The van der Waals surface area contributed by atoms with E-state index in [9.17, 15) is 4.79 Å². The maximum atomic E-state index is 13.0. The summed E-state index contributed by atoms with van der Waals surface area (Å²) in [5.41, 5.74) is 4.06. The molecule has 0 saturated heterocycles. The maximum absolute atomic E-state index is 13.0. The third-order valence-electron chi connectivity index (χ3n) is 5.26. The van der Waals surface area contributed by atoms with Gasteiger partial charge in [0.25, 0.3) is 0 Å². The van der Waals surface area contributed by atoms with Gasteiger partial charge in [0.15, 0.2) is 5.82 Å². The highest BCUT2D eigenvalue weighted by molar-refractivity contribution is 5.80. The Morgan fingerprint density at radius 2 is 1.66 bits per heavy atom. The fraction of sp³-hybridized carbons (Fsp3) is 0.375. The zero-order chi connectivity index (χ0) is 22.7. The second-order valence-corrected chi connectivity index (χ2v) is 8.95. The van der Waals surface area contributed by atoms with Crippen molar-refractivity contribution in [2.75, 3.05) is 0 Å². The van der Waals surface area contributed by atoms with Gasteiger partial charge in [-0.3, -0.25) is 4.57 Å². The molecule has 4 aromatic rings. The number of hydrogen-bond donors (Lipinski definition) is 1. The van der Waals surface area contributed by atoms with E-state index in [0.717, 1.165) is 34.5 Å². The monoisotopic (exact) mass is 431 g/mol. The molecule has 0 amide bonds. The standard InChI is InChI=1S/C24H29N7O/c1-16(2)13-22-27-31(14-17(3)4)24(32)30(22)15-18-9-11-19(12-10-18)20-7-5-6-8-21(20)23-25-28-29-26-23/h5-12,16-17H,13-15H2,1-4H3,(H,25,26,28,29). The van der Waals surface area contributed by atoms with Crippen molar-refractivity contribution in [2.24, 2.45) is 11.8 Å². The molecule has 8 heteroatoms. The highest BCUT2D eigenvalue weighted by Crippen LogP contribution is 2.29. The normalized spacial score (nSPS) is 11.6. The van der Waals surface area contributed by atoms with Crippen LogP contribution in [0.4, 0.5) is 0 Å². The molecule has 0 atom stereocenters. The molecule has 1 N–H and O–H groups in total. The summed E-state index contributed by atoms with van der Waals surface area (Å²) < 4.78 is 3.42. The van der Waals surface area contributed by atoms with Crippen molar-refractivity contribution < 1.29 is 0 Å². The topological polar surface area (TPSA) is 94.3 Å². The Morgan fingerprint density at radius 3 is 2.28 bits per heavy atom. The summed E-state index contributed by atoms with van der Waals surface area (Å²) in [5.74, 6) is 2.26. The second-order valence-electron chi connectivity index (χ2n) is 8.95. The number of nitrogens with one attached hydrogen (secondary N) is 1. The highest BCUT2D eigenvalue weighted by Gasteiger charge is 2.16. The smallest absolute Gasteiger partial charge is 0.274 e. The first kappa shape index (κ1) is 21.7. The van der Waals surface area contributed by atoms with Gasteiger partial charge in [0, 0.05) is 18.5 Å². The Balaban J connectivity index is 1.63. The van der Waals surface area contributed by atoms with Crippen molar-refractivity contribution in [3.63, 3.8) is 0 Å². The molecule has 8 nitrogen and oxygen atoms in total. The van der Waals surface area contributed by atoms with Gasteiger partial charge in [0.2, 0.25) is 0 Å². The number of tetrazole rings is 1. The summed E-state index contributed by atoms with van der Waals surface area (Å²) in [4.78, 5) is 13.0. The predicted octanol–water partition coefficient (Wildman–Crippen LogP) is 3.79. The third kappa shape index (κ3) is 4.69. The molecule has 4 rings (SSSR count). The SMILES string of the molecule is CC(C)Cc1nn(CC(C)C)c(=O)n1Cc1ccc(-c2ccccc2-c2nnn[nH]2)cc1. The zero-order valence-electron chi connectivity index (χ0n) is 19.0. The van der Waals surface area contributed by atoms with Gasteiger partial charge >= 0.3 is 5.69 Å². The Hall–Kier alpha value is -3.55. The molecule has 0 unspecified atom stereocenters. The van der Waals surface area contributed by atoms with Crippen molar-refractivity contribution in [2.45, 2.75) is 47.2 Å². The van der Waals surface area contributed by atoms with Crippen LogP contribution in [0, 0.1) is 11.8 Å². The molecule has 2 aromatic carbocycles. The van der Waals surface area contributed by atoms with Crippen LogP contribution in [0.5, 0.6) is 0 Å². The van der Waals surface area contributed by atoms with E-state index in [1.54, 1.807) is 4.68 Å². The number of hydrogen-bond acceptors (Lipinski definition) is 5. The average molecular weight is 432 g/mol. The summed E-state index contributed by atoms with van der Waals surface area (Å²) >= 11 is 0. The predicted molar refractivity (Wildman–Crippen MR) is 124 cm³/mol. The lowest BCUT2D eigenvalue weighted by molar-refractivity contribution is 0.464. The fourth-order valence-corrected chi connectivity index (χ4v) is 3.81. The highest BCUT2D eigenvalue weighted by atomic mass is 16.2. The summed E-state index contributed by atoms with van der Waals surface area (Å²) in [6.07, 6.45) is 0.775. The summed E-state index contributed by atoms with van der Waals surface area (Å²) in [6.45, 7) is 9.62. The van der Waals surface area contributed by atoms with Gasteiger partial charge in [0.1, 0.15) is 5.82 Å². The number of benzene rings is 2. The van der Waals surface area contributed by atoms with Crippen LogP contribution in [-0.2, 0) is 19.5 Å². The van der Waals surface area contributed by atoms with Gasteiger partial charge < -0.3 is 0 Å². The van der Waals surface area contributed by atoms with Crippen molar-refractivity contribution in [1.29, 1.82) is 0 Å². The molecule has 0 spiro atoms. The Kier molecular flexibility index (Phi) is 6.30. The van der Waals surface area contributed by atoms with Crippen molar-refractivity contribution in [3.8, 4) is 22.5 Å². The third-order valence-corrected chi connectivity index (χ3v) is 5.26. The number of aromatic amines is 1. The maximum Gasteiger partial charge on any atom is 0.346 e. The van der Waals surface area contributed by atoms with Gasteiger partial charge in [0.05, 0.1) is 6.54 Å². The van der Waals surface area contributed by atoms with Crippen LogP contribution in [-0.4, -0.2) is 35.0 Å². The van der Waals surface area contributed by atoms with Crippen molar-refractivity contribution in [3.05, 3.63) is 70.4 Å². The van der Waals surface area contributed by atoms with E-state index in [2.05, 4.69) is 77.7 Å². The Labute approximate surface area is 187 Å². The van der Waals surface area contributed by atoms with Crippen molar-refractivity contribution in [1.82, 2.24) is 35.0 Å². The number of H-pyrrole nitrogens is 1. The van der Waals surface area contributed by atoms with E-state index < -0.39 is 0 Å².